The highest BCUT2D eigenvalue weighted by Crippen LogP contribution is 2.23. The molecule has 3 rings (SSSR count). The number of nitrogens with one attached hydrogen (secondary N) is 2. The van der Waals surface area contributed by atoms with Gasteiger partial charge in [0.05, 0.1) is 4.90 Å². The largest absolute Gasteiger partial charge is 0.484 e. The van der Waals surface area contributed by atoms with Gasteiger partial charge in [0.15, 0.2) is 6.61 Å². The van der Waals surface area contributed by atoms with E-state index in [4.69, 9.17) is 4.74 Å². The summed E-state index contributed by atoms with van der Waals surface area (Å²) in [6.45, 7) is 3.48. The molecule has 0 aromatic heterocycles. The SMILES string of the molecule is Cc1cc(S(=O)(=O)Nc2ccc(F)cc2)ccc1OCC(=O)N[C@H](C)CCc1ccccc1. The standard InChI is InChI=1S/C25H27FN2O4S/c1-18-16-23(33(30,31)28-22-12-10-21(26)11-13-22)14-15-24(18)32-17-25(29)27-19(2)8-9-20-6-4-3-5-7-20/h3-7,10-16,19,28H,8-9,17H2,1-2H3,(H,27,29)/t19-/m1/s1. The number of benzene rings is 3. The Labute approximate surface area is 193 Å². The number of aryl methyl sites for hydroxylation is 2. The Bertz CT molecular complexity index is 1180. The highest BCUT2D eigenvalue weighted by atomic mass is 32.2. The molecular weight excluding hydrogens is 443 g/mol. The Kier molecular flexibility index (Phi) is 8.06. The van der Waals surface area contributed by atoms with Crippen molar-refractivity contribution < 1.29 is 22.3 Å². The Morgan fingerprint density at radius 3 is 2.39 bits per heavy atom. The number of halogens is 1. The first-order valence-electron chi connectivity index (χ1n) is 10.6. The molecule has 2 N–H and O–H groups in total. The fourth-order valence-electron chi connectivity index (χ4n) is 3.24. The number of carbonyl (C=O) groups excluding carboxylic acids is 1. The van der Waals surface area contributed by atoms with E-state index in [1.165, 1.54) is 48.0 Å². The monoisotopic (exact) mass is 470 g/mol. The molecule has 0 saturated heterocycles. The van der Waals surface area contributed by atoms with Crippen molar-refractivity contribution >= 4 is 21.6 Å². The van der Waals surface area contributed by atoms with E-state index < -0.39 is 15.8 Å². The van der Waals surface area contributed by atoms with Crippen LogP contribution >= 0.6 is 0 Å². The summed E-state index contributed by atoms with van der Waals surface area (Å²) in [5.41, 5.74) is 2.05. The molecule has 3 aromatic rings. The van der Waals surface area contributed by atoms with E-state index in [2.05, 4.69) is 22.2 Å². The first kappa shape index (κ1) is 24.3. The van der Waals surface area contributed by atoms with E-state index >= 15 is 0 Å². The van der Waals surface area contributed by atoms with Gasteiger partial charge in [-0.3, -0.25) is 9.52 Å². The molecule has 174 valence electrons. The molecule has 0 unspecified atom stereocenters. The number of hydrogen-bond donors (Lipinski definition) is 2. The number of anilines is 1. The fourth-order valence-corrected chi connectivity index (χ4v) is 4.39. The van der Waals surface area contributed by atoms with Crippen LogP contribution in [0.4, 0.5) is 10.1 Å². The van der Waals surface area contributed by atoms with Crippen LogP contribution in [-0.4, -0.2) is 27.0 Å². The van der Waals surface area contributed by atoms with Crippen LogP contribution in [0.1, 0.15) is 24.5 Å². The molecule has 1 atom stereocenters. The third-order valence-corrected chi connectivity index (χ3v) is 6.41. The number of hydrogen-bond acceptors (Lipinski definition) is 4. The van der Waals surface area contributed by atoms with Crippen molar-refractivity contribution in [1.29, 1.82) is 0 Å². The average molecular weight is 471 g/mol. The van der Waals surface area contributed by atoms with Gasteiger partial charge >= 0.3 is 0 Å². The fraction of sp³-hybridized carbons (Fsp3) is 0.240. The van der Waals surface area contributed by atoms with Crippen molar-refractivity contribution in [2.24, 2.45) is 0 Å². The van der Waals surface area contributed by atoms with Crippen molar-refractivity contribution in [2.75, 3.05) is 11.3 Å². The number of sulfonamides is 1. The zero-order chi connectivity index (χ0) is 23.8. The maximum Gasteiger partial charge on any atom is 0.261 e. The molecule has 0 bridgehead atoms. The van der Waals surface area contributed by atoms with Gasteiger partial charge < -0.3 is 10.1 Å². The summed E-state index contributed by atoms with van der Waals surface area (Å²) in [4.78, 5) is 12.3. The van der Waals surface area contributed by atoms with Gasteiger partial charge in [-0.25, -0.2) is 12.8 Å². The van der Waals surface area contributed by atoms with E-state index in [1.54, 1.807) is 6.92 Å². The van der Waals surface area contributed by atoms with E-state index in [1.807, 2.05) is 25.1 Å². The van der Waals surface area contributed by atoms with E-state index in [-0.39, 0.29) is 29.1 Å². The molecule has 1 amide bonds. The summed E-state index contributed by atoms with van der Waals surface area (Å²) in [7, 11) is -3.85. The number of rotatable bonds is 10. The van der Waals surface area contributed by atoms with Crippen LogP contribution in [0, 0.1) is 12.7 Å². The van der Waals surface area contributed by atoms with Gasteiger partial charge in [-0.15, -0.1) is 0 Å². The quantitative estimate of drug-likeness (QED) is 0.459. The van der Waals surface area contributed by atoms with E-state index in [0.717, 1.165) is 12.8 Å². The Balaban J connectivity index is 1.52. The lowest BCUT2D eigenvalue weighted by Gasteiger charge is -2.15. The lowest BCUT2D eigenvalue weighted by molar-refractivity contribution is -0.123. The minimum absolute atomic E-state index is 0.00698. The van der Waals surface area contributed by atoms with Crippen molar-refractivity contribution in [3.8, 4) is 5.75 Å². The van der Waals surface area contributed by atoms with Crippen LogP contribution in [0.2, 0.25) is 0 Å². The van der Waals surface area contributed by atoms with Gasteiger partial charge in [0.2, 0.25) is 0 Å². The van der Waals surface area contributed by atoms with Gasteiger partial charge in [-0.2, -0.15) is 0 Å². The molecule has 6 nitrogen and oxygen atoms in total. The number of carbonyl (C=O) groups is 1. The molecular formula is C25H27FN2O4S. The van der Waals surface area contributed by atoms with Crippen LogP contribution < -0.4 is 14.8 Å². The molecule has 3 aromatic carbocycles. The Morgan fingerprint density at radius 2 is 1.73 bits per heavy atom. The third kappa shape index (κ3) is 7.32. The van der Waals surface area contributed by atoms with Crippen LogP contribution in [0.25, 0.3) is 0 Å². The molecule has 0 saturated carbocycles. The van der Waals surface area contributed by atoms with E-state index in [0.29, 0.717) is 11.3 Å². The maximum atomic E-state index is 13.0. The van der Waals surface area contributed by atoms with Crippen LogP contribution in [0.5, 0.6) is 5.75 Å². The van der Waals surface area contributed by atoms with Crippen LogP contribution in [-0.2, 0) is 21.2 Å². The van der Waals surface area contributed by atoms with Gasteiger partial charge in [-0.05, 0) is 80.3 Å². The van der Waals surface area contributed by atoms with E-state index in [9.17, 15) is 17.6 Å². The van der Waals surface area contributed by atoms with Gasteiger partial charge in [0.1, 0.15) is 11.6 Å². The molecule has 0 aliphatic rings. The summed E-state index contributed by atoms with van der Waals surface area (Å²) in [5.74, 6) is -0.280. The predicted molar refractivity (Wildman–Crippen MR) is 126 cm³/mol. The van der Waals surface area contributed by atoms with Crippen molar-refractivity contribution in [3.63, 3.8) is 0 Å². The second-order valence-electron chi connectivity index (χ2n) is 7.82. The maximum absolute atomic E-state index is 13.0. The molecule has 0 spiro atoms. The summed E-state index contributed by atoms with van der Waals surface area (Å²) in [5, 5.41) is 2.91. The molecule has 0 radical (unpaired) electrons. The van der Waals surface area contributed by atoms with Crippen LogP contribution in [0.15, 0.2) is 77.7 Å². The lowest BCUT2D eigenvalue weighted by atomic mass is 10.1. The first-order valence-corrected chi connectivity index (χ1v) is 12.1. The predicted octanol–water partition coefficient (Wildman–Crippen LogP) is 4.45. The topological polar surface area (TPSA) is 84.5 Å². The van der Waals surface area contributed by atoms with Gasteiger partial charge in [-0.1, -0.05) is 30.3 Å². The average Bonchev–Trinajstić information content (AvgIpc) is 2.79. The zero-order valence-corrected chi connectivity index (χ0v) is 19.4. The second kappa shape index (κ2) is 11.0. The molecule has 0 heterocycles. The van der Waals surface area contributed by atoms with Gasteiger partial charge in [0, 0.05) is 11.7 Å². The minimum Gasteiger partial charge on any atom is -0.484 e. The smallest absolute Gasteiger partial charge is 0.261 e. The first-order chi connectivity index (χ1) is 15.7. The summed E-state index contributed by atoms with van der Waals surface area (Å²) in [6.07, 6.45) is 1.67. The van der Waals surface area contributed by atoms with Crippen molar-refractivity contribution in [1.82, 2.24) is 5.32 Å². The molecule has 0 fully saturated rings. The zero-order valence-electron chi connectivity index (χ0n) is 18.5. The van der Waals surface area contributed by atoms with Gasteiger partial charge in [0.25, 0.3) is 15.9 Å². The summed E-state index contributed by atoms with van der Waals surface area (Å²) < 4.78 is 46.2. The number of amides is 1. The Morgan fingerprint density at radius 1 is 1.03 bits per heavy atom. The lowest BCUT2D eigenvalue weighted by Crippen LogP contribution is -2.36. The third-order valence-electron chi connectivity index (χ3n) is 5.03. The highest BCUT2D eigenvalue weighted by Gasteiger charge is 2.16. The second-order valence-corrected chi connectivity index (χ2v) is 9.50. The molecule has 0 aliphatic carbocycles. The van der Waals surface area contributed by atoms with Crippen molar-refractivity contribution in [2.45, 2.75) is 37.6 Å². The molecule has 8 heteroatoms. The normalized spacial score (nSPS) is 12.1. The van der Waals surface area contributed by atoms with Crippen LogP contribution in [0.3, 0.4) is 0 Å². The molecule has 0 aliphatic heterocycles. The number of ether oxygens (including phenoxy) is 1. The minimum atomic E-state index is -3.85. The Hall–Kier alpha value is -3.39. The molecule has 33 heavy (non-hydrogen) atoms. The summed E-state index contributed by atoms with van der Waals surface area (Å²) >= 11 is 0. The highest BCUT2D eigenvalue weighted by molar-refractivity contribution is 7.92. The van der Waals surface area contributed by atoms with Crippen molar-refractivity contribution in [3.05, 3.63) is 89.7 Å². The summed E-state index contributed by atoms with van der Waals surface area (Å²) in [6, 6.07) is 19.5.